The second-order valence-electron chi connectivity index (χ2n) is 5.05. The van der Waals surface area contributed by atoms with Crippen LogP contribution in [0.3, 0.4) is 0 Å². The molecule has 104 valence electrons. The van der Waals surface area contributed by atoms with E-state index < -0.39 is 0 Å². The number of hydrogen-bond donors (Lipinski definition) is 1. The lowest BCUT2D eigenvalue weighted by Gasteiger charge is -2.18. The van der Waals surface area contributed by atoms with Crippen LogP contribution in [-0.4, -0.2) is 4.98 Å². The van der Waals surface area contributed by atoms with Crippen LogP contribution in [0.5, 0.6) is 0 Å². The summed E-state index contributed by atoms with van der Waals surface area (Å²) in [7, 11) is 0. The van der Waals surface area contributed by atoms with E-state index in [-0.39, 0.29) is 5.56 Å². The zero-order valence-corrected chi connectivity index (χ0v) is 13.5. The molecule has 0 radical (unpaired) electrons. The summed E-state index contributed by atoms with van der Waals surface area (Å²) < 4.78 is 1.12. The fraction of sp³-hybridized carbons (Fsp3) is 0.312. The van der Waals surface area contributed by atoms with Crippen LogP contribution in [0, 0.1) is 0 Å². The molecule has 0 bridgehead atoms. The Morgan fingerprint density at radius 1 is 1.20 bits per heavy atom. The molecule has 0 saturated heterocycles. The predicted octanol–water partition coefficient (Wildman–Crippen LogP) is 4.31. The van der Waals surface area contributed by atoms with E-state index in [1.54, 1.807) is 17.8 Å². The van der Waals surface area contributed by atoms with Gasteiger partial charge in [0.15, 0.2) is 0 Å². The summed E-state index contributed by atoms with van der Waals surface area (Å²) in [6.07, 6.45) is 4.55. The number of H-pyrrole nitrogens is 1. The standard InChI is InChI=1S/C16H16BrNOS/c17-14-8-4-2-6-12(14)10-20-16-13-7-3-1-5-11(13)9-15(19)18-16/h2,4,6,8-9H,1,3,5,7,10H2,(H,18,19). The first kappa shape index (κ1) is 14.0. The summed E-state index contributed by atoms with van der Waals surface area (Å²) >= 11 is 5.30. The smallest absolute Gasteiger partial charge is 0.249 e. The van der Waals surface area contributed by atoms with Crippen LogP contribution in [0.1, 0.15) is 29.5 Å². The molecule has 0 unspecified atom stereocenters. The van der Waals surface area contributed by atoms with Crippen molar-refractivity contribution in [3.63, 3.8) is 0 Å². The molecule has 3 rings (SSSR count). The summed E-state index contributed by atoms with van der Waals surface area (Å²) in [5.74, 6) is 0.869. The Morgan fingerprint density at radius 3 is 2.85 bits per heavy atom. The molecule has 1 aromatic carbocycles. The van der Waals surface area contributed by atoms with E-state index in [1.807, 2.05) is 12.1 Å². The third kappa shape index (κ3) is 3.01. The minimum Gasteiger partial charge on any atom is -0.317 e. The van der Waals surface area contributed by atoms with Crippen molar-refractivity contribution in [3.05, 3.63) is 61.8 Å². The average Bonchev–Trinajstić information content (AvgIpc) is 2.46. The first-order valence-electron chi connectivity index (χ1n) is 6.85. The van der Waals surface area contributed by atoms with E-state index in [4.69, 9.17) is 0 Å². The Hall–Kier alpha value is -1.000. The average molecular weight is 350 g/mol. The number of benzene rings is 1. The molecule has 0 fully saturated rings. The molecule has 1 aromatic heterocycles. The zero-order chi connectivity index (χ0) is 13.9. The van der Waals surface area contributed by atoms with Gasteiger partial charge in [0.25, 0.3) is 0 Å². The van der Waals surface area contributed by atoms with E-state index in [0.717, 1.165) is 28.1 Å². The summed E-state index contributed by atoms with van der Waals surface area (Å²) in [6, 6.07) is 10.0. The maximum Gasteiger partial charge on any atom is 0.249 e. The third-order valence-corrected chi connectivity index (χ3v) is 5.52. The fourth-order valence-corrected chi connectivity index (χ4v) is 4.36. The van der Waals surface area contributed by atoms with Crippen molar-refractivity contribution in [1.29, 1.82) is 0 Å². The lowest BCUT2D eigenvalue weighted by molar-refractivity contribution is 0.665. The number of halogens is 1. The number of nitrogens with one attached hydrogen (secondary N) is 1. The van der Waals surface area contributed by atoms with Crippen molar-refractivity contribution >= 4 is 27.7 Å². The molecule has 1 N–H and O–H groups in total. The summed E-state index contributed by atoms with van der Waals surface area (Å²) in [6.45, 7) is 0. The Morgan fingerprint density at radius 2 is 2.00 bits per heavy atom. The number of aromatic nitrogens is 1. The largest absolute Gasteiger partial charge is 0.317 e. The molecule has 1 aliphatic rings. The molecule has 20 heavy (non-hydrogen) atoms. The molecular weight excluding hydrogens is 334 g/mol. The maximum atomic E-state index is 11.8. The zero-order valence-electron chi connectivity index (χ0n) is 11.1. The van der Waals surface area contributed by atoms with Gasteiger partial charge in [0.1, 0.15) is 0 Å². The minimum atomic E-state index is 0.0280. The molecule has 2 aromatic rings. The molecule has 2 nitrogen and oxygen atoms in total. The highest BCUT2D eigenvalue weighted by molar-refractivity contribution is 9.10. The van der Waals surface area contributed by atoms with Crippen LogP contribution in [0.2, 0.25) is 0 Å². The Balaban J connectivity index is 1.86. The van der Waals surface area contributed by atoms with Gasteiger partial charge in [0.2, 0.25) is 5.56 Å². The van der Waals surface area contributed by atoms with Crippen molar-refractivity contribution in [3.8, 4) is 0 Å². The normalized spacial score (nSPS) is 14.1. The van der Waals surface area contributed by atoms with E-state index in [2.05, 4.69) is 33.0 Å². The number of pyridine rings is 1. The van der Waals surface area contributed by atoms with Gasteiger partial charge in [-0.3, -0.25) is 4.79 Å². The number of aryl methyl sites for hydroxylation is 1. The topological polar surface area (TPSA) is 32.9 Å². The predicted molar refractivity (Wildman–Crippen MR) is 87.4 cm³/mol. The SMILES string of the molecule is O=c1cc2c(c(SCc3ccccc3Br)[nH]1)CCCC2. The molecule has 4 heteroatoms. The molecule has 0 amide bonds. The van der Waals surface area contributed by atoms with Crippen LogP contribution in [-0.2, 0) is 18.6 Å². The van der Waals surface area contributed by atoms with E-state index in [9.17, 15) is 4.79 Å². The highest BCUT2D eigenvalue weighted by Gasteiger charge is 2.15. The molecule has 0 saturated carbocycles. The number of hydrogen-bond acceptors (Lipinski definition) is 2. The maximum absolute atomic E-state index is 11.8. The van der Waals surface area contributed by atoms with Gasteiger partial charge in [0.05, 0.1) is 5.03 Å². The van der Waals surface area contributed by atoms with Crippen molar-refractivity contribution in [2.24, 2.45) is 0 Å². The van der Waals surface area contributed by atoms with Gasteiger partial charge < -0.3 is 4.98 Å². The first-order chi connectivity index (χ1) is 9.74. The molecule has 0 aliphatic heterocycles. The van der Waals surface area contributed by atoms with Crippen LogP contribution < -0.4 is 5.56 Å². The summed E-state index contributed by atoms with van der Waals surface area (Å²) in [5.41, 5.74) is 3.88. The molecular formula is C16H16BrNOS. The van der Waals surface area contributed by atoms with Crippen molar-refractivity contribution in [2.75, 3.05) is 0 Å². The van der Waals surface area contributed by atoms with Gasteiger partial charge in [-0.05, 0) is 48.4 Å². The number of rotatable bonds is 3. The van der Waals surface area contributed by atoms with E-state index in [1.165, 1.54) is 29.5 Å². The highest BCUT2D eigenvalue weighted by Crippen LogP contribution is 2.31. The second-order valence-corrected chi connectivity index (χ2v) is 6.89. The van der Waals surface area contributed by atoms with Crippen molar-refractivity contribution in [2.45, 2.75) is 36.5 Å². The third-order valence-electron chi connectivity index (χ3n) is 3.66. The Labute approximate surface area is 131 Å². The lowest BCUT2D eigenvalue weighted by Crippen LogP contribution is -2.14. The van der Waals surface area contributed by atoms with Gasteiger partial charge in [-0.25, -0.2) is 0 Å². The van der Waals surface area contributed by atoms with Crippen LogP contribution in [0.4, 0.5) is 0 Å². The number of aromatic amines is 1. The molecule has 1 heterocycles. The highest BCUT2D eigenvalue weighted by atomic mass is 79.9. The van der Waals surface area contributed by atoms with Crippen LogP contribution >= 0.6 is 27.7 Å². The molecule has 0 atom stereocenters. The van der Waals surface area contributed by atoms with Crippen molar-refractivity contribution < 1.29 is 0 Å². The van der Waals surface area contributed by atoms with Crippen LogP contribution in [0.15, 0.2) is 44.6 Å². The van der Waals surface area contributed by atoms with Crippen molar-refractivity contribution in [1.82, 2.24) is 4.98 Å². The van der Waals surface area contributed by atoms with Gasteiger partial charge in [-0.2, -0.15) is 0 Å². The molecule has 0 spiro atoms. The van der Waals surface area contributed by atoms with Crippen LogP contribution in [0.25, 0.3) is 0 Å². The first-order valence-corrected chi connectivity index (χ1v) is 8.63. The quantitative estimate of drug-likeness (QED) is 0.837. The van der Waals surface area contributed by atoms with E-state index in [0.29, 0.717) is 0 Å². The Bertz CT molecular complexity index is 680. The monoisotopic (exact) mass is 349 g/mol. The van der Waals surface area contributed by atoms with Gasteiger partial charge >= 0.3 is 0 Å². The summed E-state index contributed by atoms with van der Waals surface area (Å²) in [5, 5.41) is 1.06. The molecule has 1 aliphatic carbocycles. The van der Waals surface area contributed by atoms with Gasteiger partial charge in [-0.15, -0.1) is 11.8 Å². The number of fused-ring (bicyclic) bond motifs is 1. The van der Waals surface area contributed by atoms with E-state index >= 15 is 0 Å². The number of thioether (sulfide) groups is 1. The fourth-order valence-electron chi connectivity index (χ4n) is 2.62. The minimum absolute atomic E-state index is 0.0280. The second kappa shape index (κ2) is 6.19. The van der Waals surface area contributed by atoms with Gasteiger partial charge in [0, 0.05) is 16.3 Å². The lowest BCUT2D eigenvalue weighted by atomic mass is 9.93. The van der Waals surface area contributed by atoms with Gasteiger partial charge in [-0.1, -0.05) is 34.1 Å². The Kier molecular flexibility index (Phi) is 4.32. The summed E-state index contributed by atoms with van der Waals surface area (Å²) in [4.78, 5) is 14.8.